The summed E-state index contributed by atoms with van der Waals surface area (Å²) in [6.45, 7) is 4.40. The molecule has 0 spiro atoms. The second kappa shape index (κ2) is 74.0. The third-order valence-electron chi connectivity index (χ3n) is 15.4. The number of aliphatic hydroxyl groups excluding tert-OH is 1. The van der Waals surface area contributed by atoms with Crippen LogP contribution in [0, 0.1) is 0 Å². The summed E-state index contributed by atoms with van der Waals surface area (Å²) in [4.78, 5) is 72.9. The summed E-state index contributed by atoms with van der Waals surface area (Å²) in [5.74, 6) is -2.28. The van der Waals surface area contributed by atoms with Gasteiger partial charge >= 0.3 is 39.5 Å². The number of hydrogen-bond donors (Lipinski definition) is 3. The van der Waals surface area contributed by atoms with Crippen molar-refractivity contribution in [3.63, 3.8) is 0 Å². The number of aliphatic hydroxyl groups is 1. The topological polar surface area (TPSA) is 237 Å². The lowest BCUT2D eigenvalue weighted by Gasteiger charge is -2.21. The standard InChI is InChI=1S/C83H136O17P2/c1-5-9-13-17-21-25-29-33-35-37-38-40-42-46-48-52-56-60-64-68-81(86)94-74-79(100-83(88)70-66-62-58-54-50-44-32-28-24-20-16-12-8-4)76-98-102(91,92)96-72-77(84)71-95-101(89,90)97-75-78(99-82(87)69-65-61-57-53-49-43-31-27-23-19-15-11-7-3)73-93-80(85)67-63-59-55-51-47-45-41-39-36-34-30-26-22-18-14-10-6-2/h9-10,13-16,19-22,25-28,31-36,38,40-41,45-46,48,77-79,84H,5-8,11-12,17-18,23-24,29-30,37,39,42-44,47,49-76H2,1-4H3,(H,89,90)(H,91,92)/b13-9-,14-10-,19-15-,20-16-,25-21-,26-22-,31-27-,32-28-,35-33-,36-34-,40-38-,45-41-,48-46-. The maximum atomic E-state index is 13.1. The number of ether oxygens (including phenoxy) is 4. The molecule has 5 atom stereocenters. The summed E-state index contributed by atoms with van der Waals surface area (Å²) in [5, 5.41) is 10.6. The van der Waals surface area contributed by atoms with Crippen LogP contribution in [0.4, 0.5) is 0 Å². The van der Waals surface area contributed by atoms with E-state index in [9.17, 15) is 43.2 Å². The first-order chi connectivity index (χ1) is 49.7. The largest absolute Gasteiger partial charge is 0.472 e. The molecule has 0 rings (SSSR count). The third kappa shape index (κ3) is 73.0. The highest BCUT2D eigenvalue weighted by Gasteiger charge is 2.30. The quantitative estimate of drug-likeness (QED) is 0.0169. The maximum Gasteiger partial charge on any atom is 0.472 e. The van der Waals surface area contributed by atoms with E-state index in [1.165, 1.54) is 0 Å². The highest BCUT2D eigenvalue weighted by Crippen LogP contribution is 2.45. The van der Waals surface area contributed by atoms with Crippen LogP contribution < -0.4 is 0 Å². The monoisotopic (exact) mass is 1470 g/mol. The highest BCUT2D eigenvalue weighted by atomic mass is 31.2. The number of allylic oxidation sites excluding steroid dienone is 26. The lowest BCUT2D eigenvalue weighted by Crippen LogP contribution is -2.30. The molecule has 0 aliphatic carbocycles. The van der Waals surface area contributed by atoms with Crippen molar-refractivity contribution in [1.82, 2.24) is 0 Å². The van der Waals surface area contributed by atoms with Crippen LogP contribution in [0.15, 0.2) is 158 Å². The molecule has 0 amide bonds. The normalized spacial score (nSPS) is 14.8. The van der Waals surface area contributed by atoms with Gasteiger partial charge in [-0.15, -0.1) is 0 Å². The van der Waals surface area contributed by atoms with Crippen molar-refractivity contribution >= 4 is 39.5 Å². The van der Waals surface area contributed by atoms with Crippen molar-refractivity contribution in [2.24, 2.45) is 0 Å². The minimum absolute atomic E-state index is 0.0652. The number of unbranched alkanes of at least 4 members (excludes halogenated alkanes) is 19. The van der Waals surface area contributed by atoms with E-state index >= 15 is 0 Å². The van der Waals surface area contributed by atoms with Gasteiger partial charge in [-0.25, -0.2) is 9.13 Å². The molecule has 0 aliphatic rings. The molecule has 102 heavy (non-hydrogen) atoms. The minimum atomic E-state index is -4.99. The Morgan fingerprint density at radius 3 is 0.794 bits per heavy atom. The molecule has 0 fully saturated rings. The molecule has 3 N–H and O–H groups in total. The Bertz CT molecular complexity index is 2550. The Hall–Kier alpha value is -5.32. The maximum absolute atomic E-state index is 13.1. The molecule has 0 bridgehead atoms. The molecule has 5 unspecified atom stereocenters. The summed E-state index contributed by atoms with van der Waals surface area (Å²) in [5.41, 5.74) is 0. The summed E-state index contributed by atoms with van der Waals surface area (Å²) in [7, 11) is -9.99. The fraction of sp³-hybridized carbons (Fsp3) is 0.639. The lowest BCUT2D eigenvalue weighted by atomic mass is 10.1. The summed E-state index contributed by atoms with van der Waals surface area (Å²) < 4.78 is 68.4. The molecule has 0 aliphatic heterocycles. The van der Waals surface area contributed by atoms with Crippen molar-refractivity contribution < 1.29 is 80.2 Å². The highest BCUT2D eigenvalue weighted by molar-refractivity contribution is 7.47. The molecule has 0 heterocycles. The first-order valence-corrected chi connectivity index (χ1v) is 41.7. The number of esters is 4. The molecule has 19 heteroatoms. The fourth-order valence-electron chi connectivity index (χ4n) is 9.61. The van der Waals surface area contributed by atoms with Crippen LogP contribution in [-0.4, -0.2) is 96.7 Å². The number of rotatable bonds is 71. The average Bonchev–Trinajstić information content (AvgIpc) is 0.909. The van der Waals surface area contributed by atoms with Crippen LogP contribution in [0.25, 0.3) is 0 Å². The number of carbonyl (C=O) groups is 4. The Balaban J connectivity index is 5.41. The van der Waals surface area contributed by atoms with Gasteiger partial charge in [-0.2, -0.15) is 0 Å². The molecular formula is C83H136O17P2. The van der Waals surface area contributed by atoms with Crippen LogP contribution in [-0.2, 0) is 65.4 Å². The molecular weight excluding hydrogens is 1330 g/mol. The Labute approximate surface area is 617 Å². The van der Waals surface area contributed by atoms with E-state index in [0.717, 1.165) is 205 Å². The summed E-state index contributed by atoms with van der Waals surface area (Å²) in [6, 6.07) is 0. The third-order valence-corrected chi connectivity index (χ3v) is 17.3. The van der Waals surface area contributed by atoms with Gasteiger partial charge < -0.3 is 33.8 Å². The number of carbonyl (C=O) groups excluding carboxylic acids is 4. The van der Waals surface area contributed by atoms with Crippen molar-refractivity contribution in [1.29, 1.82) is 0 Å². The van der Waals surface area contributed by atoms with E-state index < -0.39 is 97.5 Å². The van der Waals surface area contributed by atoms with E-state index in [2.05, 4.69) is 186 Å². The zero-order chi connectivity index (χ0) is 74.6. The van der Waals surface area contributed by atoms with Crippen molar-refractivity contribution in [2.75, 3.05) is 39.6 Å². The predicted molar refractivity (Wildman–Crippen MR) is 417 cm³/mol. The molecule has 0 radical (unpaired) electrons. The van der Waals surface area contributed by atoms with Crippen LogP contribution >= 0.6 is 15.6 Å². The fourth-order valence-corrected chi connectivity index (χ4v) is 11.2. The number of hydrogen-bond acceptors (Lipinski definition) is 15. The van der Waals surface area contributed by atoms with E-state index in [1.807, 2.05) is 0 Å². The molecule has 0 aromatic carbocycles. The van der Waals surface area contributed by atoms with Crippen LogP contribution in [0.1, 0.15) is 285 Å². The molecule has 0 aromatic rings. The lowest BCUT2D eigenvalue weighted by molar-refractivity contribution is -0.161. The van der Waals surface area contributed by atoms with Gasteiger partial charge in [0.2, 0.25) is 0 Å². The van der Waals surface area contributed by atoms with Gasteiger partial charge in [-0.1, -0.05) is 256 Å². The zero-order valence-corrected chi connectivity index (χ0v) is 65.0. The molecule has 0 aromatic heterocycles. The summed E-state index contributed by atoms with van der Waals surface area (Å²) in [6.07, 6.45) is 85.2. The zero-order valence-electron chi connectivity index (χ0n) is 63.2. The summed E-state index contributed by atoms with van der Waals surface area (Å²) >= 11 is 0. The first kappa shape index (κ1) is 96.7. The van der Waals surface area contributed by atoms with Gasteiger partial charge in [0.25, 0.3) is 0 Å². The van der Waals surface area contributed by atoms with Crippen LogP contribution in [0.5, 0.6) is 0 Å². The Morgan fingerprint density at radius 1 is 0.284 bits per heavy atom. The van der Waals surface area contributed by atoms with Crippen molar-refractivity contribution in [3.05, 3.63) is 158 Å². The molecule has 580 valence electrons. The second-order valence-corrected chi connectivity index (χ2v) is 28.1. The van der Waals surface area contributed by atoms with Gasteiger partial charge in [0.1, 0.15) is 19.3 Å². The van der Waals surface area contributed by atoms with Crippen LogP contribution in [0.3, 0.4) is 0 Å². The van der Waals surface area contributed by atoms with Crippen molar-refractivity contribution in [2.45, 2.75) is 303 Å². The van der Waals surface area contributed by atoms with Gasteiger partial charge in [-0.05, 0) is 161 Å². The Morgan fingerprint density at radius 2 is 0.510 bits per heavy atom. The van der Waals surface area contributed by atoms with Crippen LogP contribution in [0.2, 0.25) is 0 Å². The number of phosphoric acid groups is 2. The SMILES string of the molecule is CC/C=C\C/C=C\C/C=C\C/C=C\C/C=C\CCCCCC(=O)OCC(COP(=O)(O)OCC(O)COP(=O)(O)OCC(COC(=O)CCCCCC/C=C\C/C=C\C/C=C\C/C=C\CC)OC(=O)CCCCCCC/C=C\C/C=C\CCC)OC(=O)CCCCCCC/C=C\C/C=C\CCC. The van der Waals surface area contributed by atoms with Gasteiger partial charge in [0.15, 0.2) is 12.2 Å². The first-order valence-electron chi connectivity index (χ1n) is 38.7. The van der Waals surface area contributed by atoms with Gasteiger partial charge in [-0.3, -0.25) is 37.3 Å². The number of phosphoric ester groups is 2. The van der Waals surface area contributed by atoms with Gasteiger partial charge in [0.05, 0.1) is 26.4 Å². The average molecular weight is 1470 g/mol. The Kier molecular flexibility index (Phi) is 70.1. The van der Waals surface area contributed by atoms with E-state index in [0.29, 0.717) is 25.7 Å². The second-order valence-electron chi connectivity index (χ2n) is 25.2. The molecule has 0 saturated carbocycles. The van der Waals surface area contributed by atoms with Crippen molar-refractivity contribution in [3.8, 4) is 0 Å². The predicted octanol–water partition coefficient (Wildman–Crippen LogP) is 22.4. The van der Waals surface area contributed by atoms with E-state index in [1.54, 1.807) is 0 Å². The minimum Gasteiger partial charge on any atom is -0.462 e. The van der Waals surface area contributed by atoms with E-state index in [4.69, 9.17) is 37.0 Å². The smallest absolute Gasteiger partial charge is 0.462 e. The van der Waals surface area contributed by atoms with E-state index in [-0.39, 0.29) is 25.7 Å². The molecule has 0 saturated heterocycles. The van der Waals surface area contributed by atoms with Gasteiger partial charge in [0, 0.05) is 25.7 Å². The molecule has 17 nitrogen and oxygen atoms in total.